The number of anilines is 2. The fourth-order valence-electron chi connectivity index (χ4n) is 4.06. The number of nitrogens with zero attached hydrogens (tertiary/aromatic N) is 3. The third kappa shape index (κ3) is 5.02. The second-order valence-corrected chi connectivity index (χ2v) is 8.54. The number of carbonyl (C=O) groups excluding carboxylic acids is 1. The van der Waals surface area contributed by atoms with Crippen LogP contribution in [0.5, 0.6) is 0 Å². The first-order valence-corrected chi connectivity index (χ1v) is 11.5. The Labute approximate surface area is 204 Å². The largest absolute Gasteiger partial charge is 0.396 e. The summed E-state index contributed by atoms with van der Waals surface area (Å²) >= 11 is 0. The number of fused-ring (bicyclic) bond motifs is 1. The number of rotatable bonds is 9. The number of aromatic nitrogens is 3. The normalized spacial score (nSPS) is 10.9. The number of aliphatic hydroxyl groups excluding tert-OH is 1. The fraction of sp³-hybridized carbons (Fsp3) is 0.222. The van der Waals surface area contributed by atoms with Gasteiger partial charge < -0.3 is 26.0 Å². The van der Waals surface area contributed by atoms with Gasteiger partial charge in [-0.25, -0.2) is 9.97 Å². The van der Waals surface area contributed by atoms with E-state index in [1.54, 1.807) is 12.1 Å². The average molecular weight is 471 g/mol. The van der Waals surface area contributed by atoms with Crippen molar-refractivity contribution in [2.75, 3.05) is 30.7 Å². The molecule has 0 aliphatic heterocycles. The van der Waals surface area contributed by atoms with Crippen LogP contribution in [0.2, 0.25) is 0 Å². The average Bonchev–Trinajstić information content (AvgIpc) is 3.16. The maximum absolute atomic E-state index is 12.4. The van der Waals surface area contributed by atoms with Crippen LogP contribution in [-0.4, -0.2) is 45.2 Å². The van der Waals surface area contributed by atoms with Gasteiger partial charge in [0.15, 0.2) is 0 Å². The molecule has 1 amide bonds. The molecule has 8 nitrogen and oxygen atoms in total. The van der Waals surface area contributed by atoms with Crippen LogP contribution in [0.1, 0.15) is 23.7 Å². The van der Waals surface area contributed by atoms with Gasteiger partial charge in [0.2, 0.25) is 0 Å². The minimum atomic E-state index is -0.177. The summed E-state index contributed by atoms with van der Waals surface area (Å²) in [5, 5.41) is 15.9. The SMILES string of the molecule is C=C(C)CNc1ccc(-c2c(-c3ccc(C(=O)NCCCO)cc3)c3c(N)ncnc3n2C)cc1. The van der Waals surface area contributed by atoms with Crippen LogP contribution < -0.4 is 16.4 Å². The molecule has 2 aromatic carbocycles. The lowest BCUT2D eigenvalue weighted by molar-refractivity contribution is 0.0951. The first-order chi connectivity index (χ1) is 16.9. The van der Waals surface area contributed by atoms with E-state index in [0.29, 0.717) is 30.9 Å². The molecular formula is C27H30N6O2. The number of nitrogens with one attached hydrogen (secondary N) is 2. The van der Waals surface area contributed by atoms with Gasteiger partial charge in [-0.3, -0.25) is 4.79 Å². The number of hydrogen-bond acceptors (Lipinski definition) is 6. The fourth-order valence-corrected chi connectivity index (χ4v) is 4.06. The summed E-state index contributed by atoms with van der Waals surface area (Å²) in [7, 11) is 1.96. The van der Waals surface area contributed by atoms with Crippen molar-refractivity contribution in [3.05, 3.63) is 72.6 Å². The molecule has 5 N–H and O–H groups in total. The molecule has 0 saturated carbocycles. The molecule has 0 aliphatic rings. The summed E-state index contributed by atoms with van der Waals surface area (Å²) in [6.07, 6.45) is 1.99. The molecular weight excluding hydrogens is 440 g/mol. The number of carbonyl (C=O) groups is 1. The van der Waals surface area contributed by atoms with Gasteiger partial charge in [-0.2, -0.15) is 0 Å². The maximum Gasteiger partial charge on any atom is 0.251 e. The Morgan fingerprint density at radius 1 is 1.09 bits per heavy atom. The van der Waals surface area contributed by atoms with Crippen molar-refractivity contribution in [1.29, 1.82) is 0 Å². The van der Waals surface area contributed by atoms with Gasteiger partial charge in [0.25, 0.3) is 5.91 Å². The summed E-state index contributed by atoms with van der Waals surface area (Å²) in [4.78, 5) is 21.1. The van der Waals surface area contributed by atoms with Crippen LogP contribution in [0.25, 0.3) is 33.4 Å². The Morgan fingerprint density at radius 2 is 1.77 bits per heavy atom. The molecule has 0 aliphatic carbocycles. The molecule has 0 unspecified atom stereocenters. The van der Waals surface area contributed by atoms with Crippen LogP contribution in [-0.2, 0) is 7.05 Å². The molecule has 4 aromatic rings. The molecule has 4 rings (SSSR count). The molecule has 0 bridgehead atoms. The van der Waals surface area contributed by atoms with E-state index in [4.69, 9.17) is 10.8 Å². The zero-order valence-electron chi connectivity index (χ0n) is 20.0. The minimum absolute atomic E-state index is 0.0392. The summed E-state index contributed by atoms with van der Waals surface area (Å²) in [5.74, 6) is 0.223. The van der Waals surface area contributed by atoms with Gasteiger partial charge in [-0.1, -0.05) is 36.4 Å². The van der Waals surface area contributed by atoms with E-state index in [2.05, 4.69) is 39.3 Å². The first-order valence-electron chi connectivity index (χ1n) is 11.5. The first kappa shape index (κ1) is 24.0. The van der Waals surface area contributed by atoms with Gasteiger partial charge in [0.05, 0.1) is 11.1 Å². The van der Waals surface area contributed by atoms with Crippen LogP contribution in [0, 0.1) is 0 Å². The molecule has 0 spiro atoms. The molecule has 0 atom stereocenters. The number of aliphatic hydroxyl groups is 1. The second kappa shape index (κ2) is 10.4. The van der Waals surface area contributed by atoms with Crippen LogP contribution >= 0.6 is 0 Å². The maximum atomic E-state index is 12.4. The summed E-state index contributed by atoms with van der Waals surface area (Å²) in [6, 6.07) is 15.6. The molecule has 0 radical (unpaired) electrons. The van der Waals surface area contributed by atoms with Crippen LogP contribution in [0.15, 0.2) is 67.0 Å². The van der Waals surface area contributed by atoms with E-state index < -0.39 is 0 Å². The van der Waals surface area contributed by atoms with Crippen molar-refractivity contribution in [3.8, 4) is 22.4 Å². The Kier molecular flexibility index (Phi) is 7.12. The Morgan fingerprint density at radius 3 is 2.43 bits per heavy atom. The van der Waals surface area contributed by atoms with E-state index in [0.717, 1.165) is 44.7 Å². The van der Waals surface area contributed by atoms with Crippen molar-refractivity contribution in [2.24, 2.45) is 7.05 Å². The molecule has 0 saturated heterocycles. The number of nitrogen functional groups attached to an aromatic ring is 1. The van der Waals surface area contributed by atoms with Gasteiger partial charge in [0, 0.05) is 43.6 Å². The third-order valence-corrected chi connectivity index (χ3v) is 5.81. The molecule has 35 heavy (non-hydrogen) atoms. The number of amides is 1. The highest BCUT2D eigenvalue weighted by atomic mass is 16.3. The molecule has 0 fully saturated rings. The van der Waals surface area contributed by atoms with Crippen LogP contribution in [0.3, 0.4) is 0 Å². The Bertz CT molecular complexity index is 1360. The van der Waals surface area contributed by atoms with Crippen molar-refractivity contribution < 1.29 is 9.90 Å². The van der Waals surface area contributed by atoms with E-state index in [9.17, 15) is 4.79 Å². The van der Waals surface area contributed by atoms with Gasteiger partial charge in [-0.05, 0) is 48.7 Å². The van der Waals surface area contributed by atoms with Gasteiger partial charge >= 0.3 is 0 Å². The summed E-state index contributed by atoms with van der Waals surface area (Å²) in [5.41, 5.74) is 13.5. The molecule has 8 heteroatoms. The number of hydrogen-bond donors (Lipinski definition) is 4. The van der Waals surface area contributed by atoms with Crippen molar-refractivity contribution in [1.82, 2.24) is 19.9 Å². The monoisotopic (exact) mass is 470 g/mol. The van der Waals surface area contributed by atoms with Crippen molar-refractivity contribution in [3.63, 3.8) is 0 Å². The third-order valence-electron chi connectivity index (χ3n) is 5.81. The van der Waals surface area contributed by atoms with Crippen LogP contribution in [0.4, 0.5) is 11.5 Å². The highest BCUT2D eigenvalue weighted by Crippen LogP contribution is 2.41. The molecule has 180 valence electrons. The highest BCUT2D eigenvalue weighted by Gasteiger charge is 2.22. The van der Waals surface area contributed by atoms with E-state index >= 15 is 0 Å². The van der Waals surface area contributed by atoms with Gasteiger partial charge in [0.1, 0.15) is 17.8 Å². The van der Waals surface area contributed by atoms with Crippen molar-refractivity contribution in [2.45, 2.75) is 13.3 Å². The minimum Gasteiger partial charge on any atom is -0.396 e. The Hall–Kier alpha value is -4.17. The van der Waals surface area contributed by atoms with E-state index in [1.165, 1.54) is 6.33 Å². The smallest absolute Gasteiger partial charge is 0.251 e. The van der Waals surface area contributed by atoms with Crippen molar-refractivity contribution >= 4 is 28.4 Å². The lowest BCUT2D eigenvalue weighted by Gasteiger charge is -2.11. The van der Waals surface area contributed by atoms with E-state index in [1.807, 2.05) is 42.8 Å². The predicted molar refractivity (Wildman–Crippen MR) is 141 cm³/mol. The summed E-state index contributed by atoms with van der Waals surface area (Å²) < 4.78 is 2.02. The summed E-state index contributed by atoms with van der Waals surface area (Å²) in [6.45, 7) is 7.10. The quantitative estimate of drug-likeness (QED) is 0.217. The highest BCUT2D eigenvalue weighted by molar-refractivity contribution is 6.08. The number of benzene rings is 2. The standard InChI is InChI=1S/C27H30N6O2/c1-17(2)15-30-21-11-9-19(10-12-21)24-22(23-25(28)31-16-32-26(23)33(24)3)18-5-7-20(8-6-18)27(35)29-13-4-14-34/h5-12,16,30,34H,1,4,13-15H2,2-3H3,(H,29,35)(H2,28,31,32). The lowest BCUT2D eigenvalue weighted by Crippen LogP contribution is -2.24. The van der Waals surface area contributed by atoms with Gasteiger partial charge in [-0.15, -0.1) is 0 Å². The van der Waals surface area contributed by atoms with E-state index in [-0.39, 0.29) is 12.5 Å². The Balaban J connectivity index is 1.77. The topological polar surface area (TPSA) is 118 Å². The predicted octanol–water partition coefficient (Wildman–Crippen LogP) is 3.98. The zero-order chi connectivity index (χ0) is 24.9. The molecule has 2 aromatic heterocycles. The molecule has 2 heterocycles. The second-order valence-electron chi connectivity index (χ2n) is 8.54. The number of nitrogens with two attached hydrogens (primary N) is 1. The zero-order valence-corrected chi connectivity index (χ0v) is 20.0. The lowest BCUT2D eigenvalue weighted by atomic mass is 9.97. The number of aryl methyl sites for hydroxylation is 1.